The number of rotatable bonds is 8. The van der Waals surface area contributed by atoms with Crippen molar-refractivity contribution in [2.45, 2.75) is 39.5 Å². The van der Waals surface area contributed by atoms with Crippen LogP contribution in [0.5, 0.6) is 0 Å². The van der Waals surface area contributed by atoms with Gasteiger partial charge in [-0.15, -0.1) is 0 Å². The number of benzene rings is 1. The molecule has 0 heterocycles. The Kier molecular flexibility index (Phi) is 12.0. The van der Waals surface area contributed by atoms with Crippen LogP contribution in [0.25, 0.3) is 6.08 Å². The number of esters is 1. The van der Waals surface area contributed by atoms with Crippen molar-refractivity contribution >= 4 is 12.0 Å². The van der Waals surface area contributed by atoms with Crippen molar-refractivity contribution in [1.82, 2.24) is 0 Å². The first kappa shape index (κ1) is 19.2. The molecule has 0 N–H and O–H groups in total. The van der Waals surface area contributed by atoms with Gasteiger partial charge in [0, 0.05) is 6.08 Å². The van der Waals surface area contributed by atoms with Crippen LogP contribution in [0.2, 0.25) is 0 Å². The topological polar surface area (TPSA) is 26.3 Å². The molecule has 0 saturated heterocycles. The van der Waals surface area contributed by atoms with E-state index in [-0.39, 0.29) is 5.97 Å². The monoisotopic (exact) mass is 288 g/mol. The normalized spacial score (nSPS) is 10.8. The van der Waals surface area contributed by atoms with E-state index in [4.69, 9.17) is 4.74 Å². The number of carbonyl (C=O) groups is 1. The van der Waals surface area contributed by atoms with Crippen molar-refractivity contribution in [3.05, 3.63) is 55.1 Å². The molecule has 1 aromatic carbocycles. The minimum Gasteiger partial charge on any atom is -0.462 e. The number of hydrogen-bond donors (Lipinski definition) is 0. The second-order valence-corrected chi connectivity index (χ2v) is 4.87. The molecular formula is C19H28O2. The summed E-state index contributed by atoms with van der Waals surface area (Å²) in [7, 11) is 0. The molecule has 2 nitrogen and oxygen atoms in total. The molecule has 1 unspecified atom stereocenters. The second-order valence-electron chi connectivity index (χ2n) is 4.87. The predicted molar refractivity (Wildman–Crippen MR) is 91.0 cm³/mol. The third-order valence-electron chi connectivity index (χ3n) is 3.21. The molecule has 0 saturated carbocycles. The molecule has 0 aliphatic carbocycles. The van der Waals surface area contributed by atoms with E-state index in [0.29, 0.717) is 12.5 Å². The molecule has 21 heavy (non-hydrogen) atoms. The van der Waals surface area contributed by atoms with Gasteiger partial charge >= 0.3 is 5.97 Å². The summed E-state index contributed by atoms with van der Waals surface area (Å²) in [6, 6.07) is 10.0. The lowest BCUT2D eigenvalue weighted by molar-refractivity contribution is -0.139. The highest BCUT2D eigenvalue weighted by molar-refractivity contribution is 5.81. The van der Waals surface area contributed by atoms with Crippen molar-refractivity contribution in [2.75, 3.05) is 6.61 Å². The Balaban J connectivity index is 0.000000423. The van der Waals surface area contributed by atoms with Gasteiger partial charge in [0.25, 0.3) is 0 Å². The van der Waals surface area contributed by atoms with E-state index in [1.165, 1.54) is 24.5 Å². The van der Waals surface area contributed by atoms with Crippen molar-refractivity contribution in [1.29, 1.82) is 0 Å². The van der Waals surface area contributed by atoms with Crippen molar-refractivity contribution in [2.24, 2.45) is 5.92 Å². The highest BCUT2D eigenvalue weighted by Crippen LogP contribution is 2.12. The van der Waals surface area contributed by atoms with Gasteiger partial charge < -0.3 is 4.74 Å². The zero-order chi connectivity index (χ0) is 15.9. The standard InChI is InChI=1S/C11H20O2.C8H8/c1-4-7-8-10(5-2)9-13-11(12)6-3;1-2-8-6-4-3-5-7-8/h6,10H,3-5,7-9H2,1-2H3;2-7H,1H2. The summed E-state index contributed by atoms with van der Waals surface area (Å²) in [5.41, 5.74) is 1.17. The minimum absolute atomic E-state index is 0.310. The SMILES string of the molecule is C=CC(=O)OCC(CC)CCCC.C=Cc1ccccc1. The van der Waals surface area contributed by atoms with E-state index in [1.807, 2.05) is 36.4 Å². The Labute approximate surface area is 129 Å². The Hall–Kier alpha value is -1.83. The molecule has 0 bridgehead atoms. The highest BCUT2D eigenvalue weighted by atomic mass is 16.5. The van der Waals surface area contributed by atoms with Gasteiger partial charge in [-0.2, -0.15) is 0 Å². The summed E-state index contributed by atoms with van der Waals surface area (Å²) >= 11 is 0. The number of hydrogen-bond acceptors (Lipinski definition) is 2. The molecule has 1 aromatic rings. The molecule has 0 aliphatic rings. The van der Waals surface area contributed by atoms with E-state index in [9.17, 15) is 4.79 Å². The first-order valence-electron chi connectivity index (χ1n) is 7.64. The molecule has 116 valence electrons. The van der Waals surface area contributed by atoms with E-state index in [1.54, 1.807) is 0 Å². The van der Waals surface area contributed by atoms with Crippen LogP contribution in [0.3, 0.4) is 0 Å². The van der Waals surface area contributed by atoms with Crippen LogP contribution in [-0.2, 0) is 9.53 Å². The molecule has 1 atom stereocenters. The maximum atomic E-state index is 10.8. The summed E-state index contributed by atoms with van der Waals surface area (Å²) in [5.74, 6) is 0.207. The zero-order valence-corrected chi connectivity index (χ0v) is 13.4. The molecule has 2 heteroatoms. The van der Waals surface area contributed by atoms with Gasteiger partial charge in [-0.3, -0.25) is 0 Å². The van der Waals surface area contributed by atoms with Crippen LogP contribution in [0.15, 0.2) is 49.6 Å². The van der Waals surface area contributed by atoms with Crippen LogP contribution in [-0.4, -0.2) is 12.6 Å². The second kappa shape index (κ2) is 13.2. The smallest absolute Gasteiger partial charge is 0.330 e. The maximum absolute atomic E-state index is 10.8. The van der Waals surface area contributed by atoms with Crippen LogP contribution < -0.4 is 0 Å². The Bertz CT molecular complexity index is 395. The molecule has 0 fully saturated rings. The molecule has 0 spiro atoms. The molecule has 1 rings (SSSR count). The summed E-state index contributed by atoms with van der Waals surface area (Å²) < 4.78 is 4.98. The fourth-order valence-corrected chi connectivity index (χ4v) is 1.75. The van der Waals surface area contributed by atoms with Gasteiger partial charge in [-0.1, -0.05) is 82.7 Å². The van der Waals surface area contributed by atoms with E-state index >= 15 is 0 Å². The molecular weight excluding hydrogens is 260 g/mol. The number of carbonyl (C=O) groups excluding carboxylic acids is 1. The van der Waals surface area contributed by atoms with Crippen molar-refractivity contribution < 1.29 is 9.53 Å². The van der Waals surface area contributed by atoms with Gasteiger partial charge in [0.2, 0.25) is 0 Å². The van der Waals surface area contributed by atoms with Gasteiger partial charge in [-0.25, -0.2) is 4.79 Å². The lowest BCUT2D eigenvalue weighted by Crippen LogP contribution is -2.12. The minimum atomic E-state index is -0.310. The highest BCUT2D eigenvalue weighted by Gasteiger charge is 2.07. The Morgan fingerprint density at radius 2 is 1.90 bits per heavy atom. The van der Waals surface area contributed by atoms with Crippen molar-refractivity contribution in [3.63, 3.8) is 0 Å². The molecule has 0 radical (unpaired) electrons. The largest absolute Gasteiger partial charge is 0.462 e. The summed E-state index contributed by atoms with van der Waals surface area (Å²) in [6.45, 7) is 11.8. The summed E-state index contributed by atoms with van der Waals surface area (Å²) in [5, 5.41) is 0. The van der Waals surface area contributed by atoms with Crippen LogP contribution in [0.4, 0.5) is 0 Å². The fraction of sp³-hybridized carbons (Fsp3) is 0.421. The zero-order valence-electron chi connectivity index (χ0n) is 13.4. The van der Waals surface area contributed by atoms with E-state index in [0.717, 1.165) is 12.8 Å². The molecule has 0 aromatic heterocycles. The van der Waals surface area contributed by atoms with Gasteiger partial charge in [0.05, 0.1) is 6.61 Å². The van der Waals surface area contributed by atoms with Gasteiger partial charge in [0.1, 0.15) is 0 Å². The first-order chi connectivity index (χ1) is 10.2. The number of ether oxygens (including phenoxy) is 1. The fourth-order valence-electron chi connectivity index (χ4n) is 1.75. The Morgan fingerprint density at radius 3 is 2.33 bits per heavy atom. The third kappa shape index (κ3) is 10.6. The third-order valence-corrected chi connectivity index (χ3v) is 3.21. The van der Waals surface area contributed by atoms with Crippen LogP contribution in [0.1, 0.15) is 45.1 Å². The average molecular weight is 288 g/mol. The lowest BCUT2D eigenvalue weighted by atomic mass is 10.0. The summed E-state index contributed by atoms with van der Waals surface area (Å²) in [6.07, 6.45) is 7.68. The Morgan fingerprint density at radius 1 is 1.24 bits per heavy atom. The van der Waals surface area contributed by atoms with E-state index < -0.39 is 0 Å². The first-order valence-corrected chi connectivity index (χ1v) is 7.64. The lowest BCUT2D eigenvalue weighted by Gasteiger charge is -2.13. The summed E-state index contributed by atoms with van der Waals surface area (Å²) in [4.78, 5) is 10.8. The van der Waals surface area contributed by atoms with Crippen LogP contribution >= 0.6 is 0 Å². The van der Waals surface area contributed by atoms with Gasteiger partial charge in [0.15, 0.2) is 0 Å². The predicted octanol–water partition coefficient (Wildman–Crippen LogP) is 5.26. The molecule has 0 amide bonds. The van der Waals surface area contributed by atoms with E-state index in [2.05, 4.69) is 27.0 Å². The molecule has 0 aliphatic heterocycles. The van der Waals surface area contributed by atoms with Crippen LogP contribution in [0, 0.1) is 5.92 Å². The van der Waals surface area contributed by atoms with Crippen molar-refractivity contribution in [3.8, 4) is 0 Å². The number of unbranched alkanes of at least 4 members (excludes halogenated alkanes) is 1. The quantitative estimate of drug-likeness (QED) is 0.481. The van der Waals surface area contributed by atoms with Gasteiger partial charge in [-0.05, 0) is 17.9 Å². The average Bonchev–Trinajstić information content (AvgIpc) is 2.56. The maximum Gasteiger partial charge on any atom is 0.330 e.